The lowest BCUT2D eigenvalue weighted by Gasteiger charge is -1.94. The van der Waals surface area contributed by atoms with E-state index in [1.165, 1.54) is 19.3 Å². The molecular formula is C9H14. The van der Waals surface area contributed by atoms with E-state index in [0.29, 0.717) is 0 Å². The highest BCUT2D eigenvalue weighted by molar-refractivity contribution is 5.33. The summed E-state index contributed by atoms with van der Waals surface area (Å²) in [4.78, 5) is 0. The van der Waals surface area contributed by atoms with Gasteiger partial charge < -0.3 is 0 Å². The monoisotopic (exact) mass is 122 g/mol. The first-order valence-corrected chi connectivity index (χ1v) is 3.69. The molecule has 0 aliphatic heterocycles. The largest absolute Gasteiger partial charge is 0.0842 e. The van der Waals surface area contributed by atoms with E-state index in [1.54, 1.807) is 11.1 Å². The zero-order valence-electron chi connectivity index (χ0n) is 6.28. The predicted molar refractivity (Wildman–Crippen MR) is 41.4 cm³/mol. The lowest BCUT2D eigenvalue weighted by Crippen LogP contribution is -1.74. The summed E-state index contributed by atoms with van der Waals surface area (Å²) in [7, 11) is 0. The molecule has 1 saturated carbocycles. The third-order valence-corrected chi connectivity index (χ3v) is 2.00. The SMILES string of the molecule is C/C=C1\CCC\C1=C/C. The molecule has 0 N–H and O–H groups in total. The van der Waals surface area contributed by atoms with Gasteiger partial charge in [-0.05, 0) is 44.3 Å². The molecule has 0 heteroatoms. The summed E-state index contributed by atoms with van der Waals surface area (Å²) in [6, 6.07) is 0. The van der Waals surface area contributed by atoms with Gasteiger partial charge in [0, 0.05) is 0 Å². The Balaban J connectivity index is 2.75. The summed E-state index contributed by atoms with van der Waals surface area (Å²) >= 11 is 0. The van der Waals surface area contributed by atoms with Crippen LogP contribution in [0.15, 0.2) is 23.3 Å². The molecule has 0 nitrogen and oxygen atoms in total. The molecule has 0 saturated heterocycles. The Bertz CT molecular complexity index is 131. The first-order chi connectivity index (χ1) is 4.38. The van der Waals surface area contributed by atoms with Crippen LogP contribution in [0.4, 0.5) is 0 Å². The van der Waals surface area contributed by atoms with E-state index in [-0.39, 0.29) is 0 Å². The van der Waals surface area contributed by atoms with Crippen molar-refractivity contribution in [3.63, 3.8) is 0 Å². The van der Waals surface area contributed by atoms with Crippen molar-refractivity contribution in [2.75, 3.05) is 0 Å². The topological polar surface area (TPSA) is 0 Å². The number of hydrogen-bond donors (Lipinski definition) is 0. The highest BCUT2D eigenvalue weighted by atomic mass is 14.1. The molecule has 1 aliphatic carbocycles. The average Bonchev–Trinajstić information content (AvgIpc) is 2.33. The molecular weight excluding hydrogens is 108 g/mol. The minimum atomic E-state index is 1.30. The molecule has 9 heavy (non-hydrogen) atoms. The van der Waals surface area contributed by atoms with Crippen molar-refractivity contribution in [1.29, 1.82) is 0 Å². The molecule has 0 amide bonds. The molecule has 0 radical (unpaired) electrons. The Hall–Kier alpha value is -0.520. The maximum Gasteiger partial charge on any atom is -0.0276 e. The maximum atomic E-state index is 2.24. The van der Waals surface area contributed by atoms with E-state index in [0.717, 1.165) is 0 Å². The van der Waals surface area contributed by atoms with E-state index >= 15 is 0 Å². The number of allylic oxidation sites excluding steroid dienone is 4. The Kier molecular flexibility index (Phi) is 2.10. The predicted octanol–water partition coefficient (Wildman–Crippen LogP) is 3.06. The van der Waals surface area contributed by atoms with Crippen LogP contribution in [0.5, 0.6) is 0 Å². The third-order valence-electron chi connectivity index (χ3n) is 2.00. The average molecular weight is 122 g/mol. The standard InChI is InChI=1S/C9H14/c1-3-8-6-5-7-9(8)4-2/h3-4H,5-7H2,1-2H3/b8-3+,9-4+. The van der Waals surface area contributed by atoms with Gasteiger partial charge in [0.25, 0.3) is 0 Å². The second-order valence-corrected chi connectivity index (χ2v) is 2.48. The minimum absolute atomic E-state index is 1.30. The number of rotatable bonds is 0. The summed E-state index contributed by atoms with van der Waals surface area (Å²) in [5, 5.41) is 0. The van der Waals surface area contributed by atoms with Crippen molar-refractivity contribution >= 4 is 0 Å². The molecule has 50 valence electrons. The van der Waals surface area contributed by atoms with Gasteiger partial charge in [-0.2, -0.15) is 0 Å². The van der Waals surface area contributed by atoms with Crippen molar-refractivity contribution < 1.29 is 0 Å². The zero-order chi connectivity index (χ0) is 6.69. The van der Waals surface area contributed by atoms with E-state index in [2.05, 4.69) is 26.0 Å². The summed E-state index contributed by atoms with van der Waals surface area (Å²) in [6.45, 7) is 4.26. The van der Waals surface area contributed by atoms with Crippen LogP contribution in [-0.2, 0) is 0 Å². The molecule has 0 bridgehead atoms. The highest BCUT2D eigenvalue weighted by Gasteiger charge is 2.09. The lowest BCUT2D eigenvalue weighted by molar-refractivity contribution is 0.931. The molecule has 0 heterocycles. The van der Waals surface area contributed by atoms with Gasteiger partial charge in [-0.25, -0.2) is 0 Å². The first kappa shape index (κ1) is 6.60. The van der Waals surface area contributed by atoms with Gasteiger partial charge in [0.05, 0.1) is 0 Å². The van der Waals surface area contributed by atoms with Crippen molar-refractivity contribution in [3.05, 3.63) is 23.3 Å². The minimum Gasteiger partial charge on any atom is -0.0842 e. The van der Waals surface area contributed by atoms with Crippen molar-refractivity contribution in [3.8, 4) is 0 Å². The Morgan fingerprint density at radius 3 is 1.78 bits per heavy atom. The number of hydrogen-bond acceptors (Lipinski definition) is 0. The molecule has 1 aliphatic rings. The molecule has 1 fully saturated rings. The summed E-state index contributed by atoms with van der Waals surface area (Å²) < 4.78 is 0. The van der Waals surface area contributed by atoms with Gasteiger partial charge in [-0.1, -0.05) is 12.2 Å². The molecule has 0 spiro atoms. The van der Waals surface area contributed by atoms with Crippen LogP contribution >= 0.6 is 0 Å². The Morgan fingerprint density at radius 2 is 1.44 bits per heavy atom. The second kappa shape index (κ2) is 2.86. The molecule has 0 aromatic carbocycles. The summed E-state index contributed by atoms with van der Waals surface area (Å²) in [5.41, 5.74) is 3.13. The molecule has 0 unspecified atom stereocenters. The summed E-state index contributed by atoms with van der Waals surface area (Å²) in [6.07, 6.45) is 8.44. The van der Waals surface area contributed by atoms with E-state index in [9.17, 15) is 0 Å². The van der Waals surface area contributed by atoms with Crippen LogP contribution in [0.1, 0.15) is 33.1 Å². The van der Waals surface area contributed by atoms with Gasteiger partial charge >= 0.3 is 0 Å². The third kappa shape index (κ3) is 1.24. The van der Waals surface area contributed by atoms with Crippen LogP contribution in [0.3, 0.4) is 0 Å². The highest BCUT2D eigenvalue weighted by Crippen LogP contribution is 2.29. The van der Waals surface area contributed by atoms with E-state index in [4.69, 9.17) is 0 Å². The van der Waals surface area contributed by atoms with Gasteiger partial charge in [0.1, 0.15) is 0 Å². The van der Waals surface area contributed by atoms with Crippen molar-refractivity contribution in [1.82, 2.24) is 0 Å². The fourth-order valence-corrected chi connectivity index (χ4v) is 1.45. The van der Waals surface area contributed by atoms with E-state index in [1.807, 2.05) is 0 Å². The molecule has 0 atom stereocenters. The molecule has 1 rings (SSSR count). The van der Waals surface area contributed by atoms with Crippen LogP contribution in [0.2, 0.25) is 0 Å². The normalized spacial score (nSPS) is 28.2. The Morgan fingerprint density at radius 1 is 1.00 bits per heavy atom. The second-order valence-electron chi connectivity index (χ2n) is 2.48. The van der Waals surface area contributed by atoms with Crippen LogP contribution in [0, 0.1) is 0 Å². The summed E-state index contributed by atoms with van der Waals surface area (Å²) in [5.74, 6) is 0. The molecule has 0 aromatic heterocycles. The van der Waals surface area contributed by atoms with Crippen LogP contribution in [0.25, 0.3) is 0 Å². The lowest BCUT2D eigenvalue weighted by atomic mass is 10.1. The fourth-order valence-electron chi connectivity index (χ4n) is 1.45. The van der Waals surface area contributed by atoms with Crippen LogP contribution < -0.4 is 0 Å². The van der Waals surface area contributed by atoms with Gasteiger partial charge in [0.15, 0.2) is 0 Å². The molecule has 0 aromatic rings. The quantitative estimate of drug-likeness (QED) is 0.463. The van der Waals surface area contributed by atoms with Crippen LogP contribution in [-0.4, -0.2) is 0 Å². The van der Waals surface area contributed by atoms with E-state index < -0.39 is 0 Å². The zero-order valence-corrected chi connectivity index (χ0v) is 6.28. The van der Waals surface area contributed by atoms with Crippen molar-refractivity contribution in [2.45, 2.75) is 33.1 Å². The van der Waals surface area contributed by atoms with Gasteiger partial charge in [-0.3, -0.25) is 0 Å². The Labute approximate surface area is 57.3 Å². The van der Waals surface area contributed by atoms with Gasteiger partial charge in [0.2, 0.25) is 0 Å². The van der Waals surface area contributed by atoms with Crippen molar-refractivity contribution in [2.24, 2.45) is 0 Å². The maximum absolute atomic E-state index is 2.24. The smallest absolute Gasteiger partial charge is 0.0276 e. The van der Waals surface area contributed by atoms with Gasteiger partial charge in [-0.15, -0.1) is 0 Å². The fraction of sp³-hybridized carbons (Fsp3) is 0.556. The first-order valence-electron chi connectivity index (χ1n) is 3.69.